The third-order valence-electron chi connectivity index (χ3n) is 2.81. The molecule has 0 heterocycles. The molecule has 0 spiro atoms. The van der Waals surface area contributed by atoms with Crippen LogP contribution in [0, 0.1) is 5.82 Å². The maximum absolute atomic E-state index is 12.9. The maximum Gasteiger partial charge on any atom is 0.161 e. The monoisotopic (exact) mass is 277 g/mol. The molecule has 0 aliphatic heterocycles. The third-order valence-corrected chi connectivity index (χ3v) is 2.81. The summed E-state index contributed by atoms with van der Waals surface area (Å²) in [4.78, 5) is 0. The van der Waals surface area contributed by atoms with E-state index in [0.29, 0.717) is 23.9 Å². The summed E-state index contributed by atoms with van der Waals surface area (Å²) in [6, 6.07) is 9.51. The highest BCUT2D eigenvalue weighted by atomic mass is 19.1. The van der Waals surface area contributed by atoms with Crippen molar-refractivity contribution in [3.8, 4) is 17.2 Å². The molecular weight excluding hydrogens is 261 g/mol. The highest BCUT2D eigenvalue weighted by Gasteiger charge is 2.06. The Morgan fingerprint density at radius 2 is 1.65 bits per heavy atom. The van der Waals surface area contributed by atoms with Crippen molar-refractivity contribution in [3.63, 3.8) is 0 Å². The van der Waals surface area contributed by atoms with E-state index in [1.54, 1.807) is 20.3 Å². The summed E-state index contributed by atoms with van der Waals surface area (Å²) in [5.41, 5.74) is 6.84. The molecule has 2 aromatic carbocycles. The number of ether oxygens (including phenoxy) is 3. The van der Waals surface area contributed by atoms with Crippen molar-refractivity contribution in [2.24, 2.45) is 0 Å². The molecule has 0 radical (unpaired) electrons. The SMILES string of the molecule is COc1ccc(COc2ccc(F)cc2N)cc1OC. The first kappa shape index (κ1) is 14.0. The quantitative estimate of drug-likeness (QED) is 0.854. The van der Waals surface area contributed by atoms with E-state index in [4.69, 9.17) is 19.9 Å². The molecule has 0 bridgehead atoms. The summed E-state index contributed by atoms with van der Waals surface area (Å²) in [5.74, 6) is 1.33. The molecule has 2 aromatic rings. The van der Waals surface area contributed by atoms with E-state index >= 15 is 0 Å². The van der Waals surface area contributed by atoms with Crippen LogP contribution in [0.1, 0.15) is 5.56 Å². The highest BCUT2D eigenvalue weighted by molar-refractivity contribution is 5.52. The molecule has 0 fully saturated rings. The van der Waals surface area contributed by atoms with Crippen LogP contribution in [0.4, 0.5) is 10.1 Å². The van der Waals surface area contributed by atoms with E-state index in [2.05, 4.69) is 0 Å². The molecule has 106 valence electrons. The van der Waals surface area contributed by atoms with Crippen molar-refractivity contribution in [3.05, 3.63) is 47.8 Å². The second kappa shape index (κ2) is 6.14. The van der Waals surface area contributed by atoms with Crippen LogP contribution in [0.25, 0.3) is 0 Å². The minimum absolute atomic E-state index is 0.269. The van der Waals surface area contributed by atoms with Gasteiger partial charge in [-0.15, -0.1) is 0 Å². The fourth-order valence-corrected chi connectivity index (χ4v) is 1.78. The van der Waals surface area contributed by atoms with Gasteiger partial charge in [-0.1, -0.05) is 6.07 Å². The normalized spacial score (nSPS) is 10.2. The Balaban J connectivity index is 2.10. The van der Waals surface area contributed by atoms with Crippen LogP contribution in [0.15, 0.2) is 36.4 Å². The number of nitrogen functional groups attached to an aromatic ring is 1. The number of hydrogen-bond donors (Lipinski definition) is 1. The van der Waals surface area contributed by atoms with Crippen molar-refractivity contribution >= 4 is 5.69 Å². The van der Waals surface area contributed by atoms with Crippen molar-refractivity contribution in [1.29, 1.82) is 0 Å². The molecule has 0 unspecified atom stereocenters. The van der Waals surface area contributed by atoms with E-state index in [1.807, 2.05) is 12.1 Å². The van der Waals surface area contributed by atoms with Gasteiger partial charge in [0.1, 0.15) is 18.2 Å². The summed E-state index contributed by atoms with van der Waals surface area (Å²) in [7, 11) is 3.15. The lowest BCUT2D eigenvalue weighted by Crippen LogP contribution is -2.00. The van der Waals surface area contributed by atoms with Gasteiger partial charge in [0.05, 0.1) is 19.9 Å². The van der Waals surface area contributed by atoms with Crippen LogP contribution in [-0.2, 0) is 6.61 Å². The molecular formula is C15H16FNO3. The Morgan fingerprint density at radius 1 is 0.950 bits per heavy atom. The zero-order chi connectivity index (χ0) is 14.5. The number of hydrogen-bond acceptors (Lipinski definition) is 4. The minimum atomic E-state index is -0.388. The molecule has 0 saturated carbocycles. The molecule has 4 nitrogen and oxygen atoms in total. The number of methoxy groups -OCH3 is 2. The van der Waals surface area contributed by atoms with Gasteiger partial charge in [-0.3, -0.25) is 0 Å². The Kier molecular flexibility index (Phi) is 4.30. The second-order valence-electron chi connectivity index (χ2n) is 4.16. The van der Waals surface area contributed by atoms with Gasteiger partial charge in [0, 0.05) is 6.07 Å². The fraction of sp³-hybridized carbons (Fsp3) is 0.200. The number of benzene rings is 2. The van der Waals surface area contributed by atoms with Crippen LogP contribution < -0.4 is 19.9 Å². The van der Waals surface area contributed by atoms with Gasteiger partial charge < -0.3 is 19.9 Å². The van der Waals surface area contributed by atoms with E-state index in [9.17, 15) is 4.39 Å². The summed E-state index contributed by atoms with van der Waals surface area (Å²) in [5, 5.41) is 0. The first-order valence-electron chi connectivity index (χ1n) is 6.02. The topological polar surface area (TPSA) is 53.7 Å². The smallest absolute Gasteiger partial charge is 0.161 e. The standard InChI is InChI=1S/C15H16FNO3/c1-18-14-5-3-10(7-15(14)19-2)9-20-13-6-4-11(16)8-12(13)17/h3-8H,9,17H2,1-2H3. The Hall–Kier alpha value is -2.43. The lowest BCUT2D eigenvalue weighted by Gasteiger charge is -2.11. The molecule has 2 rings (SSSR count). The minimum Gasteiger partial charge on any atom is -0.493 e. The van der Waals surface area contributed by atoms with Crippen molar-refractivity contribution in [2.45, 2.75) is 6.61 Å². The summed E-state index contributed by atoms with van der Waals surface area (Å²) in [6.45, 7) is 0.302. The molecule has 0 aromatic heterocycles. The lowest BCUT2D eigenvalue weighted by atomic mass is 10.2. The van der Waals surface area contributed by atoms with Crippen LogP contribution in [0.5, 0.6) is 17.2 Å². The average molecular weight is 277 g/mol. The molecule has 2 N–H and O–H groups in total. The van der Waals surface area contributed by atoms with E-state index < -0.39 is 0 Å². The van der Waals surface area contributed by atoms with E-state index in [-0.39, 0.29) is 11.5 Å². The molecule has 20 heavy (non-hydrogen) atoms. The second-order valence-corrected chi connectivity index (χ2v) is 4.16. The Bertz CT molecular complexity index is 602. The first-order chi connectivity index (χ1) is 9.63. The Morgan fingerprint density at radius 3 is 2.30 bits per heavy atom. The predicted octanol–water partition coefficient (Wildman–Crippen LogP) is 3.00. The van der Waals surface area contributed by atoms with Crippen LogP contribution in [0.2, 0.25) is 0 Å². The molecule has 0 amide bonds. The van der Waals surface area contributed by atoms with Gasteiger partial charge >= 0.3 is 0 Å². The van der Waals surface area contributed by atoms with Gasteiger partial charge in [-0.05, 0) is 29.8 Å². The van der Waals surface area contributed by atoms with Crippen molar-refractivity contribution < 1.29 is 18.6 Å². The summed E-state index contributed by atoms with van der Waals surface area (Å²) >= 11 is 0. The molecule has 0 aliphatic carbocycles. The summed E-state index contributed by atoms with van der Waals surface area (Å²) < 4.78 is 28.9. The van der Waals surface area contributed by atoms with Gasteiger partial charge in [-0.2, -0.15) is 0 Å². The first-order valence-corrected chi connectivity index (χ1v) is 6.02. The zero-order valence-electron chi connectivity index (χ0n) is 11.4. The predicted molar refractivity (Wildman–Crippen MR) is 74.7 cm³/mol. The van der Waals surface area contributed by atoms with Crippen LogP contribution >= 0.6 is 0 Å². The number of nitrogens with two attached hydrogens (primary N) is 1. The van der Waals surface area contributed by atoms with Crippen LogP contribution in [0.3, 0.4) is 0 Å². The van der Waals surface area contributed by atoms with Gasteiger partial charge in [0.15, 0.2) is 11.5 Å². The van der Waals surface area contributed by atoms with Crippen molar-refractivity contribution in [2.75, 3.05) is 20.0 Å². The molecule has 0 saturated heterocycles. The maximum atomic E-state index is 12.9. The Labute approximate surface area is 116 Å². The summed E-state index contributed by atoms with van der Waals surface area (Å²) in [6.07, 6.45) is 0. The third kappa shape index (κ3) is 3.12. The molecule has 0 atom stereocenters. The van der Waals surface area contributed by atoms with Gasteiger partial charge in [0.2, 0.25) is 0 Å². The van der Waals surface area contributed by atoms with Gasteiger partial charge in [-0.25, -0.2) is 4.39 Å². The molecule has 5 heteroatoms. The number of anilines is 1. The molecule has 0 aliphatic rings. The zero-order valence-corrected chi connectivity index (χ0v) is 11.4. The lowest BCUT2D eigenvalue weighted by molar-refractivity contribution is 0.305. The number of halogens is 1. The van der Waals surface area contributed by atoms with Crippen LogP contribution in [-0.4, -0.2) is 14.2 Å². The average Bonchev–Trinajstić information content (AvgIpc) is 2.46. The van der Waals surface area contributed by atoms with Gasteiger partial charge in [0.25, 0.3) is 0 Å². The highest BCUT2D eigenvalue weighted by Crippen LogP contribution is 2.29. The fourth-order valence-electron chi connectivity index (χ4n) is 1.78. The van der Waals surface area contributed by atoms with Crippen molar-refractivity contribution in [1.82, 2.24) is 0 Å². The number of rotatable bonds is 5. The van der Waals surface area contributed by atoms with E-state index in [1.165, 1.54) is 18.2 Å². The van der Waals surface area contributed by atoms with E-state index in [0.717, 1.165) is 5.56 Å². The largest absolute Gasteiger partial charge is 0.493 e.